The number of hydrogen-bond acceptors (Lipinski definition) is 6. The van der Waals surface area contributed by atoms with Gasteiger partial charge >= 0.3 is 0 Å². The summed E-state index contributed by atoms with van der Waals surface area (Å²) < 4.78 is 10.6. The topological polar surface area (TPSA) is 98.3 Å². The molecule has 0 spiro atoms. The summed E-state index contributed by atoms with van der Waals surface area (Å²) in [4.78, 5) is 15.3. The first kappa shape index (κ1) is 18.5. The number of nitrogens with one attached hydrogen (secondary N) is 1. The molecule has 20 heavy (non-hydrogen) atoms. The second-order valence-corrected chi connectivity index (χ2v) is 4.48. The number of nitrogens with zero attached hydrogens (tertiary/aromatic N) is 2. The van der Waals surface area contributed by atoms with Crippen molar-refractivity contribution in [3.8, 4) is 0 Å². The first-order valence-electron chi connectivity index (χ1n) is 6.75. The van der Waals surface area contributed by atoms with Crippen LogP contribution in [0.1, 0.15) is 20.8 Å². The van der Waals surface area contributed by atoms with Crippen LogP contribution in [0.4, 0.5) is 0 Å². The predicted octanol–water partition coefficient (Wildman–Crippen LogP) is 0.197. The van der Waals surface area contributed by atoms with Crippen LogP contribution in [-0.2, 0) is 14.3 Å². The van der Waals surface area contributed by atoms with E-state index in [-0.39, 0.29) is 11.8 Å². The van der Waals surface area contributed by atoms with Crippen LogP contribution in [0.15, 0.2) is 10.1 Å². The largest absolute Gasteiger partial charge is 0.377 e. The molecule has 0 aromatic carbocycles. The number of aliphatic imine (C=N–C) groups is 1. The Bertz CT molecular complexity index is 317. The van der Waals surface area contributed by atoms with Gasteiger partial charge in [-0.05, 0) is 6.92 Å². The van der Waals surface area contributed by atoms with Gasteiger partial charge in [-0.15, -0.1) is 0 Å². The van der Waals surface area contributed by atoms with E-state index in [0.29, 0.717) is 45.2 Å². The van der Waals surface area contributed by atoms with Crippen molar-refractivity contribution < 1.29 is 14.3 Å². The van der Waals surface area contributed by atoms with Gasteiger partial charge in [-0.25, -0.2) is 0 Å². The third-order valence-corrected chi connectivity index (χ3v) is 2.29. The molecule has 7 nitrogen and oxygen atoms in total. The average Bonchev–Trinajstić information content (AvgIpc) is 2.43. The van der Waals surface area contributed by atoms with Crippen LogP contribution in [0.5, 0.6) is 0 Å². The van der Waals surface area contributed by atoms with Crippen LogP contribution >= 0.6 is 0 Å². The predicted molar refractivity (Wildman–Crippen MR) is 80.1 cm³/mol. The third kappa shape index (κ3) is 11.6. The highest BCUT2D eigenvalue weighted by molar-refractivity contribution is 6.29. The highest BCUT2D eigenvalue weighted by Crippen LogP contribution is 1.89. The average molecular weight is 286 g/mol. The van der Waals surface area contributed by atoms with Gasteiger partial charge in [-0.3, -0.25) is 9.79 Å². The maximum Gasteiger partial charge on any atom is 0.222 e. The molecular weight excluding hydrogens is 260 g/mol. The SMILES string of the molecule is C/C(C=NCCOCCOCCNC(=O)C(C)C)=N/N. The first-order valence-corrected chi connectivity index (χ1v) is 6.75. The zero-order chi connectivity index (χ0) is 15.2. The van der Waals surface area contributed by atoms with Crippen molar-refractivity contribution in [3.05, 3.63) is 0 Å². The van der Waals surface area contributed by atoms with Crippen molar-refractivity contribution in [3.63, 3.8) is 0 Å². The molecule has 0 radical (unpaired) electrons. The molecule has 0 bridgehead atoms. The molecule has 0 aromatic rings. The fourth-order valence-electron chi connectivity index (χ4n) is 1.12. The first-order chi connectivity index (χ1) is 9.57. The highest BCUT2D eigenvalue weighted by Gasteiger charge is 2.04. The Morgan fingerprint density at radius 3 is 2.50 bits per heavy atom. The fraction of sp³-hybridized carbons (Fsp3) is 0.769. The number of nitrogens with two attached hydrogens (primary N) is 1. The lowest BCUT2D eigenvalue weighted by molar-refractivity contribution is -0.124. The Kier molecular flexibility index (Phi) is 11.6. The Labute approximate surface area is 120 Å². The summed E-state index contributed by atoms with van der Waals surface area (Å²) in [6.07, 6.45) is 1.61. The number of hydrazone groups is 1. The minimum absolute atomic E-state index is 0.00633. The van der Waals surface area contributed by atoms with Gasteiger partial charge in [0.05, 0.1) is 38.7 Å². The van der Waals surface area contributed by atoms with Crippen molar-refractivity contribution in [1.29, 1.82) is 0 Å². The van der Waals surface area contributed by atoms with Gasteiger partial charge in [0.2, 0.25) is 5.91 Å². The zero-order valence-electron chi connectivity index (χ0n) is 12.6. The van der Waals surface area contributed by atoms with Crippen LogP contribution in [0.25, 0.3) is 0 Å². The van der Waals surface area contributed by atoms with E-state index >= 15 is 0 Å². The molecule has 0 aliphatic rings. The van der Waals surface area contributed by atoms with Crippen molar-refractivity contribution in [2.75, 3.05) is 39.5 Å². The van der Waals surface area contributed by atoms with E-state index < -0.39 is 0 Å². The van der Waals surface area contributed by atoms with Crippen molar-refractivity contribution in [2.24, 2.45) is 21.9 Å². The smallest absolute Gasteiger partial charge is 0.222 e. The van der Waals surface area contributed by atoms with Crippen LogP contribution in [0, 0.1) is 5.92 Å². The fourth-order valence-corrected chi connectivity index (χ4v) is 1.12. The lowest BCUT2D eigenvalue weighted by atomic mass is 10.2. The van der Waals surface area contributed by atoms with Gasteiger partial charge in [0.25, 0.3) is 0 Å². The maximum absolute atomic E-state index is 11.2. The summed E-state index contributed by atoms with van der Waals surface area (Å²) >= 11 is 0. The monoisotopic (exact) mass is 286 g/mol. The van der Waals surface area contributed by atoms with Crippen molar-refractivity contribution in [1.82, 2.24) is 5.32 Å². The quantitative estimate of drug-likeness (QED) is 0.245. The molecule has 7 heteroatoms. The van der Waals surface area contributed by atoms with Crippen molar-refractivity contribution in [2.45, 2.75) is 20.8 Å². The minimum atomic E-state index is 0.00633. The number of hydrogen-bond donors (Lipinski definition) is 2. The van der Waals surface area contributed by atoms with E-state index in [1.165, 1.54) is 0 Å². The van der Waals surface area contributed by atoms with Crippen LogP contribution < -0.4 is 11.2 Å². The summed E-state index contributed by atoms with van der Waals surface area (Å²) in [5, 5.41) is 6.24. The van der Waals surface area contributed by atoms with E-state index in [9.17, 15) is 4.79 Å². The summed E-state index contributed by atoms with van der Waals surface area (Å²) in [7, 11) is 0. The normalized spacial score (nSPS) is 12.3. The molecular formula is C13H26N4O3. The Hall–Kier alpha value is -1.47. The lowest BCUT2D eigenvalue weighted by Gasteiger charge is -2.08. The molecule has 1 amide bonds. The van der Waals surface area contributed by atoms with Gasteiger partial charge in [0, 0.05) is 18.7 Å². The van der Waals surface area contributed by atoms with E-state index in [1.54, 1.807) is 13.1 Å². The molecule has 0 unspecified atom stereocenters. The summed E-state index contributed by atoms with van der Waals surface area (Å²) in [5.74, 6) is 5.10. The summed E-state index contributed by atoms with van der Waals surface area (Å²) in [5.41, 5.74) is 0.678. The van der Waals surface area contributed by atoms with Crippen molar-refractivity contribution >= 4 is 17.8 Å². The number of ether oxygens (including phenoxy) is 2. The number of amides is 1. The van der Waals surface area contributed by atoms with E-state index in [2.05, 4.69) is 15.4 Å². The van der Waals surface area contributed by atoms with E-state index in [4.69, 9.17) is 15.3 Å². The third-order valence-electron chi connectivity index (χ3n) is 2.29. The number of carbonyl (C=O) groups excluding carboxylic acids is 1. The van der Waals surface area contributed by atoms with E-state index in [0.717, 1.165) is 0 Å². The number of carbonyl (C=O) groups is 1. The van der Waals surface area contributed by atoms with Gasteiger partial charge in [0.15, 0.2) is 0 Å². The molecule has 0 aliphatic carbocycles. The Balaban J connectivity index is 3.25. The van der Waals surface area contributed by atoms with Crippen LogP contribution in [-0.4, -0.2) is 57.4 Å². The Morgan fingerprint density at radius 2 is 1.90 bits per heavy atom. The van der Waals surface area contributed by atoms with Gasteiger partial charge < -0.3 is 20.6 Å². The molecule has 0 saturated carbocycles. The van der Waals surface area contributed by atoms with Gasteiger partial charge in [-0.2, -0.15) is 5.10 Å². The summed E-state index contributed by atoms with van der Waals surface area (Å²) in [6.45, 7) is 8.61. The molecule has 0 atom stereocenters. The summed E-state index contributed by atoms with van der Waals surface area (Å²) in [6, 6.07) is 0. The number of rotatable bonds is 11. The van der Waals surface area contributed by atoms with Crippen LogP contribution in [0.2, 0.25) is 0 Å². The standard InChI is InChI=1S/C13H26N4O3/c1-11(2)13(18)16-5-7-20-9-8-19-6-4-15-10-12(3)17-14/h10-11H,4-9,14H2,1-3H3,(H,16,18)/b15-10?,17-12-. The molecule has 0 heterocycles. The molecule has 0 fully saturated rings. The van der Waals surface area contributed by atoms with Gasteiger partial charge in [-0.1, -0.05) is 13.8 Å². The second-order valence-electron chi connectivity index (χ2n) is 4.48. The Morgan fingerprint density at radius 1 is 1.25 bits per heavy atom. The highest BCUT2D eigenvalue weighted by atomic mass is 16.5. The molecule has 116 valence electrons. The molecule has 0 rings (SSSR count). The second kappa shape index (κ2) is 12.6. The molecule has 0 aromatic heterocycles. The van der Waals surface area contributed by atoms with Gasteiger partial charge in [0.1, 0.15) is 0 Å². The van der Waals surface area contributed by atoms with E-state index in [1.807, 2.05) is 13.8 Å². The van der Waals surface area contributed by atoms with Crippen LogP contribution in [0.3, 0.4) is 0 Å². The zero-order valence-corrected chi connectivity index (χ0v) is 12.6. The molecule has 0 saturated heterocycles. The molecule has 3 N–H and O–H groups in total. The molecule has 0 aliphatic heterocycles. The lowest BCUT2D eigenvalue weighted by Crippen LogP contribution is -2.31. The minimum Gasteiger partial charge on any atom is -0.377 e. The maximum atomic E-state index is 11.2.